The summed E-state index contributed by atoms with van der Waals surface area (Å²) >= 11 is 0. The molecular weight excluding hydrogens is 280 g/mol. The van der Waals surface area contributed by atoms with Gasteiger partial charge in [-0.1, -0.05) is 6.92 Å². The molecule has 0 radical (unpaired) electrons. The van der Waals surface area contributed by atoms with Crippen LogP contribution >= 0.6 is 0 Å². The summed E-state index contributed by atoms with van der Waals surface area (Å²) in [5, 5.41) is 4.75. The minimum absolute atomic E-state index is 0.175. The highest BCUT2D eigenvalue weighted by molar-refractivity contribution is 5.51. The van der Waals surface area contributed by atoms with Crippen LogP contribution in [0.25, 0.3) is 11.6 Å². The first-order valence-electron chi connectivity index (χ1n) is 7.92. The SMILES string of the molecule is CCc1nc(C)c(-c2nc(C3CCOC3)nn2C(C)(C)C)o1. The van der Waals surface area contributed by atoms with E-state index in [0.717, 1.165) is 48.4 Å². The molecule has 0 amide bonds. The van der Waals surface area contributed by atoms with Crippen molar-refractivity contribution >= 4 is 0 Å². The van der Waals surface area contributed by atoms with E-state index in [2.05, 4.69) is 25.8 Å². The summed E-state index contributed by atoms with van der Waals surface area (Å²) in [6.45, 7) is 11.8. The molecule has 0 saturated carbocycles. The lowest BCUT2D eigenvalue weighted by molar-refractivity contribution is 0.193. The van der Waals surface area contributed by atoms with E-state index in [4.69, 9.17) is 19.2 Å². The Kier molecular flexibility index (Phi) is 3.80. The van der Waals surface area contributed by atoms with E-state index in [0.29, 0.717) is 6.61 Å². The Balaban J connectivity index is 2.09. The van der Waals surface area contributed by atoms with Gasteiger partial charge in [-0.2, -0.15) is 5.10 Å². The van der Waals surface area contributed by atoms with Gasteiger partial charge in [0.15, 0.2) is 23.3 Å². The molecule has 1 aliphatic heterocycles. The lowest BCUT2D eigenvalue weighted by Crippen LogP contribution is -2.24. The Morgan fingerprint density at radius 2 is 2.05 bits per heavy atom. The third-order valence-corrected chi connectivity index (χ3v) is 3.90. The van der Waals surface area contributed by atoms with Gasteiger partial charge in [0.05, 0.1) is 17.8 Å². The average molecular weight is 304 g/mol. The van der Waals surface area contributed by atoms with E-state index in [-0.39, 0.29) is 11.5 Å². The normalized spacial score (nSPS) is 19.0. The number of rotatable bonds is 3. The quantitative estimate of drug-likeness (QED) is 0.872. The first-order chi connectivity index (χ1) is 10.4. The van der Waals surface area contributed by atoms with Crippen molar-refractivity contribution in [2.75, 3.05) is 13.2 Å². The fourth-order valence-corrected chi connectivity index (χ4v) is 2.66. The van der Waals surface area contributed by atoms with Crippen LogP contribution in [0.1, 0.15) is 57.4 Å². The molecule has 120 valence electrons. The standard InChI is InChI=1S/C16H24N4O2/c1-6-12-17-10(2)13(22-12)15-18-14(11-7-8-21-9-11)19-20(15)16(3,4)5/h11H,6-9H2,1-5H3. The van der Waals surface area contributed by atoms with Crippen molar-refractivity contribution in [3.05, 3.63) is 17.4 Å². The van der Waals surface area contributed by atoms with E-state index in [1.807, 2.05) is 18.5 Å². The van der Waals surface area contributed by atoms with Crippen LogP contribution in [0, 0.1) is 6.92 Å². The second kappa shape index (κ2) is 5.50. The Hall–Kier alpha value is -1.69. The fraction of sp³-hybridized carbons (Fsp3) is 0.688. The smallest absolute Gasteiger partial charge is 0.197 e. The van der Waals surface area contributed by atoms with Crippen molar-refractivity contribution in [1.29, 1.82) is 0 Å². The van der Waals surface area contributed by atoms with Gasteiger partial charge in [0.1, 0.15) is 0 Å². The van der Waals surface area contributed by atoms with Gasteiger partial charge < -0.3 is 9.15 Å². The summed E-state index contributed by atoms with van der Waals surface area (Å²) in [5.41, 5.74) is 0.690. The van der Waals surface area contributed by atoms with Crippen molar-refractivity contribution < 1.29 is 9.15 Å². The molecule has 0 N–H and O–H groups in total. The van der Waals surface area contributed by atoms with Gasteiger partial charge in [-0.05, 0) is 34.1 Å². The summed E-state index contributed by atoms with van der Waals surface area (Å²) in [6.07, 6.45) is 1.75. The van der Waals surface area contributed by atoms with Gasteiger partial charge in [-0.25, -0.2) is 14.6 Å². The number of aromatic nitrogens is 4. The molecule has 22 heavy (non-hydrogen) atoms. The van der Waals surface area contributed by atoms with Crippen LogP contribution in [0.3, 0.4) is 0 Å². The monoisotopic (exact) mass is 304 g/mol. The van der Waals surface area contributed by atoms with Gasteiger partial charge in [0.25, 0.3) is 0 Å². The fourth-order valence-electron chi connectivity index (χ4n) is 2.66. The molecule has 1 fully saturated rings. The van der Waals surface area contributed by atoms with Crippen molar-refractivity contribution in [3.63, 3.8) is 0 Å². The first-order valence-corrected chi connectivity index (χ1v) is 7.92. The third-order valence-electron chi connectivity index (χ3n) is 3.90. The number of hydrogen-bond donors (Lipinski definition) is 0. The van der Waals surface area contributed by atoms with Crippen molar-refractivity contribution in [2.24, 2.45) is 0 Å². The summed E-state index contributed by atoms with van der Waals surface area (Å²) in [5.74, 6) is 3.35. The highest BCUT2D eigenvalue weighted by Gasteiger charge is 2.30. The number of oxazole rings is 1. The van der Waals surface area contributed by atoms with Gasteiger partial charge in [0, 0.05) is 18.9 Å². The first kappa shape index (κ1) is 15.2. The highest BCUT2D eigenvalue weighted by Crippen LogP contribution is 2.31. The zero-order valence-corrected chi connectivity index (χ0v) is 14.0. The number of hydrogen-bond acceptors (Lipinski definition) is 5. The molecule has 3 heterocycles. The van der Waals surface area contributed by atoms with Crippen LogP contribution in [-0.2, 0) is 16.7 Å². The molecule has 1 aliphatic rings. The van der Waals surface area contributed by atoms with Crippen LogP contribution < -0.4 is 0 Å². The largest absolute Gasteiger partial charge is 0.437 e. The van der Waals surface area contributed by atoms with Crippen molar-refractivity contribution in [2.45, 2.75) is 58.9 Å². The summed E-state index contributed by atoms with van der Waals surface area (Å²) in [6, 6.07) is 0. The summed E-state index contributed by atoms with van der Waals surface area (Å²) < 4.78 is 13.3. The van der Waals surface area contributed by atoms with E-state index in [1.54, 1.807) is 0 Å². The van der Waals surface area contributed by atoms with Gasteiger partial charge in [-0.15, -0.1) is 0 Å². The second-order valence-electron chi connectivity index (χ2n) is 6.81. The van der Waals surface area contributed by atoms with Crippen LogP contribution in [0.4, 0.5) is 0 Å². The molecular formula is C16H24N4O2. The van der Waals surface area contributed by atoms with Crippen LogP contribution in [0.5, 0.6) is 0 Å². The molecule has 1 atom stereocenters. The maximum Gasteiger partial charge on any atom is 0.197 e. The number of nitrogens with zero attached hydrogens (tertiary/aromatic N) is 4. The Labute approximate surface area is 130 Å². The molecule has 2 aromatic heterocycles. The maximum atomic E-state index is 5.90. The predicted octanol–water partition coefficient (Wildman–Crippen LogP) is 3.06. The molecule has 1 saturated heterocycles. The number of aryl methyl sites for hydroxylation is 2. The zero-order valence-electron chi connectivity index (χ0n) is 14.0. The second-order valence-corrected chi connectivity index (χ2v) is 6.81. The van der Waals surface area contributed by atoms with Crippen LogP contribution in [-0.4, -0.2) is 33.0 Å². The highest BCUT2D eigenvalue weighted by atomic mass is 16.5. The van der Waals surface area contributed by atoms with Crippen LogP contribution in [0.15, 0.2) is 4.42 Å². The van der Waals surface area contributed by atoms with Gasteiger partial charge >= 0.3 is 0 Å². The molecule has 3 rings (SSSR count). The van der Waals surface area contributed by atoms with Crippen molar-refractivity contribution in [3.8, 4) is 11.6 Å². The maximum absolute atomic E-state index is 5.90. The Morgan fingerprint density at radius 1 is 1.27 bits per heavy atom. The van der Waals surface area contributed by atoms with Gasteiger partial charge in [0.2, 0.25) is 0 Å². The Morgan fingerprint density at radius 3 is 2.59 bits per heavy atom. The topological polar surface area (TPSA) is 66.0 Å². The molecule has 0 bridgehead atoms. The van der Waals surface area contributed by atoms with E-state index in [1.165, 1.54) is 0 Å². The molecule has 1 unspecified atom stereocenters. The molecule has 6 heteroatoms. The molecule has 0 aromatic carbocycles. The molecule has 2 aromatic rings. The third kappa shape index (κ3) is 2.67. The average Bonchev–Trinajstić information content (AvgIpc) is 3.15. The molecule has 0 spiro atoms. The number of ether oxygens (including phenoxy) is 1. The van der Waals surface area contributed by atoms with Gasteiger partial charge in [-0.3, -0.25) is 0 Å². The van der Waals surface area contributed by atoms with Crippen LogP contribution in [0.2, 0.25) is 0 Å². The molecule has 6 nitrogen and oxygen atoms in total. The van der Waals surface area contributed by atoms with E-state index < -0.39 is 0 Å². The van der Waals surface area contributed by atoms with E-state index >= 15 is 0 Å². The Bertz CT molecular complexity index is 660. The summed E-state index contributed by atoms with van der Waals surface area (Å²) in [4.78, 5) is 9.24. The molecule has 0 aliphatic carbocycles. The predicted molar refractivity (Wildman–Crippen MR) is 82.8 cm³/mol. The van der Waals surface area contributed by atoms with Crippen molar-refractivity contribution in [1.82, 2.24) is 19.7 Å². The zero-order chi connectivity index (χ0) is 15.9. The minimum atomic E-state index is -0.175. The van der Waals surface area contributed by atoms with E-state index in [9.17, 15) is 0 Å². The summed E-state index contributed by atoms with van der Waals surface area (Å²) in [7, 11) is 0. The minimum Gasteiger partial charge on any atom is -0.437 e. The lowest BCUT2D eigenvalue weighted by atomic mass is 10.1. The lowest BCUT2D eigenvalue weighted by Gasteiger charge is -2.20.